The maximum atomic E-state index is 12.8. The number of carbonyl (C=O) groups excluding carboxylic acids is 1. The van der Waals surface area contributed by atoms with Crippen LogP contribution in [-0.2, 0) is 17.6 Å². The summed E-state index contributed by atoms with van der Waals surface area (Å²) in [6.07, 6.45) is 1.11. The van der Waals surface area contributed by atoms with Crippen molar-refractivity contribution in [2.45, 2.75) is 19.8 Å². The number of oxazole rings is 1. The quantitative estimate of drug-likeness (QED) is 0.700. The van der Waals surface area contributed by atoms with Crippen LogP contribution >= 0.6 is 11.6 Å². The van der Waals surface area contributed by atoms with Gasteiger partial charge in [-0.25, -0.2) is 4.98 Å². The normalized spacial score (nSPS) is 13.1. The molecule has 4 rings (SSSR count). The first-order valence-corrected chi connectivity index (χ1v) is 8.61. The van der Waals surface area contributed by atoms with Gasteiger partial charge in [0.05, 0.1) is 22.7 Å². The number of hydrogen-bond donors (Lipinski definition) is 0. The van der Waals surface area contributed by atoms with Crippen molar-refractivity contribution >= 4 is 23.2 Å². The first-order valence-electron chi connectivity index (χ1n) is 8.23. The number of rotatable bonds is 3. The Balaban J connectivity index is 1.58. The third-order valence-electron chi connectivity index (χ3n) is 4.50. The molecule has 3 aromatic rings. The zero-order valence-electron chi connectivity index (χ0n) is 13.8. The fourth-order valence-corrected chi connectivity index (χ4v) is 3.39. The smallest absolute Gasteiger partial charge is 0.233 e. The number of anilines is 1. The number of amides is 1. The van der Waals surface area contributed by atoms with E-state index in [1.807, 2.05) is 48.2 Å². The van der Waals surface area contributed by atoms with Gasteiger partial charge in [0.15, 0.2) is 0 Å². The van der Waals surface area contributed by atoms with Crippen LogP contribution in [-0.4, -0.2) is 17.4 Å². The molecule has 1 aliphatic rings. The molecule has 1 aromatic heterocycles. The van der Waals surface area contributed by atoms with Gasteiger partial charge in [-0.3, -0.25) is 4.79 Å². The molecule has 0 bridgehead atoms. The van der Waals surface area contributed by atoms with E-state index in [9.17, 15) is 4.79 Å². The van der Waals surface area contributed by atoms with Gasteiger partial charge in [-0.2, -0.15) is 0 Å². The zero-order valence-corrected chi connectivity index (χ0v) is 14.6. The van der Waals surface area contributed by atoms with E-state index in [-0.39, 0.29) is 12.3 Å². The molecule has 126 valence electrons. The van der Waals surface area contributed by atoms with Crippen LogP contribution in [0, 0.1) is 6.92 Å². The summed E-state index contributed by atoms with van der Waals surface area (Å²) in [5.41, 5.74) is 3.60. The van der Waals surface area contributed by atoms with Crippen LogP contribution in [0.2, 0.25) is 5.02 Å². The number of aromatic nitrogens is 1. The van der Waals surface area contributed by atoms with Crippen molar-refractivity contribution in [2.24, 2.45) is 0 Å². The highest BCUT2D eigenvalue weighted by Gasteiger charge is 2.26. The first kappa shape index (κ1) is 15.9. The molecule has 25 heavy (non-hydrogen) atoms. The summed E-state index contributed by atoms with van der Waals surface area (Å²) in [6, 6.07) is 15.4. The Morgan fingerprint density at radius 3 is 2.80 bits per heavy atom. The van der Waals surface area contributed by atoms with Crippen molar-refractivity contribution < 1.29 is 9.21 Å². The lowest BCUT2D eigenvalue weighted by atomic mass is 10.2. The Kier molecular flexibility index (Phi) is 4.06. The molecule has 5 heteroatoms. The molecule has 1 aliphatic heterocycles. The molecule has 0 saturated carbocycles. The topological polar surface area (TPSA) is 46.3 Å². The lowest BCUT2D eigenvalue weighted by molar-refractivity contribution is -0.117. The lowest BCUT2D eigenvalue weighted by Gasteiger charge is -2.16. The second-order valence-electron chi connectivity index (χ2n) is 6.10. The van der Waals surface area contributed by atoms with Crippen molar-refractivity contribution in [2.75, 3.05) is 11.4 Å². The highest BCUT2D eigenvalue weighted by molar-refractivity contribution is 6.33. The highest BCUT2D eigenvalue weighted by Crippen LogP contribution is 2.30. The molecule has 0 unspecified atom stereocenters. The maximum absolute atomic E-state index is 12.8. The second-order valence-corrected chi connectivity index (χ2v) is 6.51. The van der Waals surface area contributed by atoms with Gasteiger partial charge in [-0.15, -0.1) is 0 Å². The molecule has 0 saturated heterocycles. The van der Waals surface area contributed by atoms with Gasteiger partial charge < -0.3 is 9.32 Å². The van der Waals surface area contributed by atoms with Crippen molar-refractivity contribution in [3.63, 3.8) is 0 Å². The van der Waals surface area contributed by atoms with E-state index in [4.69, 9.17) is 16.0 Å². The summed E-state index contributed by atoms with van der Waals surface area (Å²) >= 11 is 6.21. The minimum atomic E-state index is 0.0343. The molecule has 4 nitrogen and oxygen atoms in total. The molecule has 0 N–H and O–H groups in total. The average Bonchev–Trinajstić information content (AvgIpc) is 3.19. The van der Waals surface area contributed by atoms with E-state index in [0.717, 1.165) is 17.7 Å². The van der Waals surface area contributed by atoms with E-state index < -0.39 is 0 Å². The minimum absolute atomic E-state index is 0.0343. The average molecular weight is 353 g/mol. The summed E-state index contributed by atoms with van der Waals surface area (Å²) in [6.45, 7) is 2.54. The van der Waals surface area contributed by atoms with Gasteiger partial charge in [-0.1, -0.05) is 41.9 Å². The van der Waals surface area contributed by atoms with Crippen LogP contribution in [0.25, 0.3) is 11.5 Å². The highest BCUT2D eigenvalue weighted by atomic mass is 35.5. The molecule has 1 amide bonds. The molecule has 0 spiro atoms. The van der Waals surface area contributed by atoms with E-state index in [2.05, 4.69) is 11.1 Å². The number of fused-ring (bicyclic) bond motifs is 1. The number of benzene rings is 2. The molecule has 0 atom stereocenters. The summed E-state index contributed by atoms with van der Waals surface area (Å²) in [7, 11) is 0. The van der Waals surface area contributed by atoms with Crippen molar-refractivity contribution in [3.8, 4) is 11.5 Å². The molecule has 0 radical (unpaired) electrons. The predicted octanol–water partition coefficient (Wildman–Crippen LogP) is 4.44. The molecule has 2 heterocycles. The van der Waals surface area contributed by atoms with Gasteiger partial charge in [0, 0.05) is 12.2 Å². The van der Waals surface area contributed by atoms with Crippen molar-refractivity contribution in [1.82, 2.24) is 4.98 Å². The Hall–Kier alpha value is -2.59. The third-order valence-corrected chi connectivity index (χ3v) is 4.83. The summed E-state index contributed by atoms with van der Waals surface area (Å²) in [5.74, 6) is 1.13. The van der Waals surface area contributed by atoms with Crippen LogP contribution in [0.1, 0.15) is 17.0 Å². The van der Waals surface area contributed by atoms with Crippen LogP contribution in [0.4, 0.5) is 5.69 Å². The molecule has 2 aromatic carbocycles. The number of hydrogen-bond acceptors (Lipinski definition) is 3. The van der Waals surface area contributed by atoms with Gasteiger partial charge in [-0.05, 0) is 37.1 Å². The molecular formula is C20H17ClN2O2. The fraction of sp³-hybridized carbons (Fsp3) is 0.200. The van der Waals surface area contributed by atoms with E-state index >= 15 is 0 Å². The van der Waals surface area contributed by atoms with E-state index in [1.165, 1.54) is 5.56 Å². The van der Waals surface area contributed by atoms with Crippen LogP contribution < -0.4 is 4.90 Å². The monoisotopic (exact) mass is 352 g/mol. The second kappa shape index (κ2) is 6.37. The maximum Gasteiger partial charge on any atom is 0.233 e. The van der Waals surface area contributed by atoms with Gasteiger partial charge in [0.25, 0.3) is 0 Å². The molecule has 0 fully saturated rings. The predicted molar refractivity (Wildman–Crippen MR) is 97.9 cm³/mol. The SMILES string of the molecule is Cc1oc(-c2ccccc2Cl)nc1CC(=O)N1CCc2ccccc21. The standard InChI is InChI=1S/C20H17ClN2O2/c1-13-17(22-20(25-13)15-7-3-4-8-16(15)21)12-19(24)23-11-10-14-6-2-5-9-18(14)23/h2-9H,10-12H2,1H3. The van der Waals surface area contributed by atoms with Crippen LogP contribution in [0.3, 0.4) is 0 Å². The van der Waals surface area contributed by atoms with Crippen molar-refractivity contribution in [3.05, 3.63) is 70.6 Å². The first-order chi connectivity index (χ1) is 12.1. The Labute approximate surface area is 151 Å². The number of halogens is 1. The Morgan fingerprint density at radius 1 is 1.20 bits per heavy atom. The number of carbonyl (C=O) groups is 1. The van der Waals surface area contributed by atoms with Gasteiger partial charge >= 0.3 is 0 Å². The van der Waals surface area contributed by atoms with E-state index in [0.29, 0.717) is 28.9 Å². The Bertz CT molecular complexity index is 948. The number of aryl methyl sites for hydroxylation is 1. The number of nitrogens with zero attached hydrogens (tertiary/aromatic N) is 2. The van der Waals surface area contributed by atoms with Crippen molar-refractivity contribution in [1.29, 1.82) is 0 Å². The number of para-hydroxylation sites is 1. The molecular weight excluding hydrogens is 336 g/mol. The summed E-state index contributed by atoms with van der Waals surface area (Å²) in [5, 5.41) is 0.579. The fourth-order valence-electron chi connectivity index (χ4n) is 3.18. The van der Waals surface area contributed by atoms with Crippen LogP contribution in [0.5, 0.6) is 0 Å². The zero-order chi connectivity index (χ0) is 17.4. The minimum Gasteiger partial charge on any atom is -0.441 e. The van der Waals surface area contributed by atoms with Gasteiger partial charge in [0.1, 0.15) is 5.76 Å². The van der Waals surface area contributed by atoms with Crippen LogP contribution in [0.15, 0.2) is 52.9 Å². The molecule has 0 aliphatic carbocycles. The third kappa shape index (κ3) is 2.94. The summed E-state index contributed by atoms with van der Waals surface area (Å²) < 4.78 is 5.75. The summed E-state index contributed by atoms with van der Waals surface area (Å²) in [4.78, 5) is 19.1. The largest absolute Gasteiger partial charge is 0.441 e. The lowest BCUT2D eigenvalue weighted by Crippen LogP contribution is -2.30. The van der Waals surface area contributed by atoms with Gasteiger partial charge in [0.2, 0.25) is 11.8 Å². The van der Waals surface area contributed by atoms with E-state index in [1.54, 1.807) is 6.07 Å². The Morgan fingerprint density at radius 2 is 1.96 bits per heavy atom.